The Labute approximate surface area is 139 Å². The van der Waals surface area contributed by atoms with E-state index in [9.17, 15) is 0 Å². The number of rotatable bonds is 9. The molecule has 0 aliphatic rings. The quantitative estimate of drug-likeness (QED) is 0.678. The first-order valence-electron chi connectivity index (χ1n) is 7.13. The zero-order chi connectivity index (χ0) is 15.9. The highest BCUT2D eigenvalue weighted by Gasteiger charge is 2.05. The maximum atomic E-state index is 9.00. The van der Waals surface area contributed by atoms with Gasteiger partial charge in [0.2, 0.25) is 5.95 Å². The fraction of sp³-hybridized carbons (Fsp3) is 0.571. The number of anilines is 1. The van der Waals surface area contributed by atoms with Crippen LogP contribution < -0.4 is 5.32 Å². The molecule has 2 N–H and O–H groups in total. The molecule has 0 aromatic carbocycles. The van der Waals surface area contributed by atoms with E-state index in [0.29, 0.717) is 11.8 Å². The predicted molar refractivity (Wildman–Crippen MR) is 93.3 cm³/mol. The third-order valence-electron chi connectivity index (χ3n) is 2.91. The molecule has 2 rings (SSSR count). The molecule has 122 valence electrons. The molecule has 0 saturated carbocycles. The minimum Gasteiger partial charge on any atom is -0.388 e. The summed E-state index contributed by atoms with van der Waals surface area (Å²) >= 11 is 3.79. The highest BCUT2D eigenvalue weighted by molar-refractivity contribution is 7.98. The largest absolute Gasteiger partial charge is 0.388 e. The van der Waals surface area contributed by atoms with Crippen LogP contribution in [0.3, 0.4) is 0 Å². The van der Waals surface area contributed by atoms with Gasteiger partial charge >= 0.3 is 0 Å². The normalized spacial score (nSPS) is 11.3. The fourth-order valence-corrected chi connectivity index (χ4v) is 4.07. The molecule has 0 spiro atoms. The van der Waals surface area contributed by atoms with E-state index in [1.54, 1.807) is 4.68 Å². The van der Waals surface area contributed by atoms with Crippen molar-refractivity contribution < 1.29 is 5.11 Å². The van der Waals surface area contributed by atoms with E-state index in [-0.39, 0.29) is 6.61 Å². The molecule has 0 radical (unpaired) electrons. The van der Waals surface area contributed by atoms with E-state index in [2.05, 4.69) is 46.5 Å². The monoisotopic (exact) mass is 341 g/mol. The van der Waals surface area contributed by atoms with Crippen LogP contribution in [-0.4, -0.2) is 51.2 Å². The van der Waals surface area contributed by atoms with Crippen LogP contribution in [0.25, 0.3) is 0 Å². The highest BCUT2D eigenvalue weighted by atomic mass is 32.2. The smallest absolute Gasteiger partial charge is 0.221 e. The van der Waals surface area contributed by atoms with Crippen molar-refractivity contribution in [3.8, 4) is 0 Å². The minimum atomic E-state index is -0.127. The molecule has 2 heterocycles. The first kappa shape index (κ1) is 17.3. The summed E-state index contributed by atoms with van der Waals surface area (Å²) in [6, 6.07) is 4.44. The van der Waals surface area contributed by atoms with Gasteiger partial charge in [-0.25, -0.2) is 4.68 Å². The van der Waals surface area contributed by atoms with Crippen molar-refractivity contribution in [1.29, 1.82) is 0 Å². The van der Waals surface area contributed by atoms with Crippen molar-refractivity contribution in [1.82, 2.24) is 19.7 Å². The lowest BCUT2D eigenvalue weighted by atomic mass is 10.4. The Morgan fingerprint density at radius 1 is 1.36 bits per heavy atom. The predicted octanol–water partition coefficient (Wildman–Crippen LogP) is 1.78. The second kappa shape index (κ2) is 8.52. The number of aliphatic hydroxyl groups is 1. The van der Waals surface area contributed by atoms with Gasteiger partial charge in [-0.1, -0.05) is 0 Å². The average Bonchev–Trinajstić information content (AvgIpc) is 3.05. The Hall–Kier alpha value is -1.09. The molecule has 0 aliphatic carbocycles. The van der Waals surface area contributed by atoms with Gasteiger partial charge in [0.1, 0.15) is 6.61 Å². The molecule has 0 bridgehead atoms. The molecule has 2 aromatic rings. The van der Waals surface area contributed by atoms with Crippen molar-refractivity contribution >= 4 is 29.0 Å². The van der Waals surface area contributed by atoms with Crippen LogP contribution >= 0.6 is 23.1 Å². The van der Waals surface area contributed by atoms with Gasteiger partial charge in [-0.3, -0.25) is 0 Å². The zero-order valence-corrected chi connectivity index (χ0v) is 14.9. The number of nitrogens with zero attached hydrogens (tertiary/aromatic N) is 4. The van der Waals surface area contributed by atoms with E-state index in [1.165, 1.54) is 9.75 Å². The van der Waals surface area contributed by atoms with Crippen LogP contribution in [0.2, 0.25) is 0 Å². The van der Waals surface area contributed by atoms with Gasteiger partial charge in [0.15, 0.2) is 5.82 Å². The Morgan fingerprint density at radius 3 is 2.82 bits per heavy atom. The van der Waals surface area contributed by atoms with Crippen molar-refractivity contribution in [3.63, 3.8) is 0 Å². The second-order valence-electron chi connectivity index (χ2n) is 5.22. The zero-order valence-electron chi connectivity index (χ0n) is 13.2. The van der Waals surface area contributed by atoms with Crippen molar-refractivity contribution in [3.05, 3.63) is 27.7 Å². The van der Waals surface area contributed by atoms with E-state index in [4.69, 9.17) is 5.11 Å². The maximum Gasteiger partial charge on any atom is 0.221 e. The Bertz CT molecular complexity index is 582. The molecule has 0 amide bonds. The van der Waals surface area contributed by atoms with Gasteiger partial charge in [-0.15, -0.1) is 11.3 Å². The molecule has 8 heteroatoms. The first-order chi connectivity index (χ1) is 10.6. The van der Waals surface area contributed by atoms with Crippen LogP contribution in [0.5, 0.6) is 0 Å². The van der Waals surface area contributed by atoms with E-state index in [0.717, 1.165) is 24.6 Å². The Kier molecular flexibility index (Phi) is 6.69. The maximum absolute atomic E-state index is 9.00. The van der Waals surface area contributed by atoms with Crippen LogP contribution in [0.1, 0.15) is 15.6 Å². The number of aliphatic hydroxyl groups excluding tert-OH is 1. The number of hydrogen-bond acceptors (Lipinski definition) is 7. The molecule has 0 saturated heterocycles. The van der Waals surface area contributed by atoms with Crippen molar-refractivity contribution in [2.75, 3.05) is 31.7 Å². The van der Waals surface area contributed by atoms with Gasteiger partial charge in [0.25, 0.3) is 0 Å². The lowest BCUT2D eigenvalue weighted by molar-refractivity contribution is 0.271. The average molecular weight is 342 g/mol. The van der Waals surface area contributed by atoms with Crippen LogP contribution in [0, 0.1) is 0 Å². The standard InChI is InChI=1S/C14H23N5OS2/c1-18(2)8-11-4-5-12(22-11)10-21-7-6-15-14-16-13(9-20)17-19(14)3/h4-5,20H,6-10H2,1-3H3,(H,15,16,17). The summed E-state index contributed by atoms with van der Waals surface area (Å²) in [5.41, 5.74) is 0. The summed E-state index contributed by atoms with van der Waals surface area (Å²) in [4.78, 5) is 9.21. The summed E-state index contributed by atoms with van der Waals surface area (Å²) < 4.78 is 1.66. The van der Waals surface area contributed by atoms with Gasteiger partial charge < -0.3 is 15.3 Å². The number of nitrogens with one attached hydrogen (secondary N) is 1. The van der Waals surface area contributed by atoms with Crippen molar-refractivity contribution in [2.24, 2.45) is 7.05 Å². The van der Waals surface area contributed by atoms with Gasteiger partial charge in [0, 0.05) is 41.4 Å². The number of hydrogen-bond donors (Lipinski definition) is 2. The topological polar surface area (TPSA) is 66.2 Å². The molecule has 0 aliphatic heterocycles. The van der Waals surface area contributed by atoms with Crippen LogP contribution in [-0.2, 0) is 26.0 Å². The molecule has 0 unspecified atom stereocenters. The van der Waals surface area contributed by atoms with E-state index in [1.807, 2.05) is 30.1 Å². The lowest BCUT2D eigenvalue weighted by Crippen LogP contribution is -2.09. The van der Waals surface area contributed by atoms with E-state index >= 15 is 0 Å². The van der Waals surface area contributed by atoms with Gasteiger partial charge in [-0.05, 0) is 26.2 Å². The number of thiophene rings is 1. The summed E-state index contributed by atoms with van der Waals surface area (Å²) in [5.74, 6) is 3.20. The number of aromatic nitrogens is 3. The van der Waals surface area contributed by atoms with Crippen LogP contribution in [0.15, 0.2) is 12.1 Å². The first-order valence-corrected chi connectivity index (χ1v) is 9.10. The third-order valence-corrected chi connectivity index (χ3v) is 5.17. The summed E-state index contributed by atoms with van der Waals surface area (Å²) in [7, 11) is 6.00. The molecule has 2 aromatic heterocycles. The molecular weight excluding hydrogens is 318 g/mol. The molecule has 0 atom stereocenters. The minimum absolute atomic E-state index is 0.127. The van der Waals surface area contributed by atoms with Crippen LogP contribution in [0.4, 0.5) is 5.95 Å². The Balaban J connectivity index is 1.66. The lowest BCUT2D eigenvalue weighted by Gasteiger charge is -2.06. The van der Waals surface area contributed by atoms with Gasteiger partial charge in [0.05, 0.1) is 0 Å². The number of thioether (sulfide) groups is 1. The fourth-order valence-electron chi connectivity index (χ4n) is 1.96. The summed E-state index contributed by atoms with van der Waals surface area (Å²) in [6.45, 7) is 1.71. The molecular formula is C14H23N5OS2. The molecule has 6 nitrogen and oxygen atoms in total. The third kappa shape index (κ3) is 5.28. The molecule has 22 heavy (non-hydrogen) atoms. The van der Waals surface area contributed by atoms with E-state index < -0.39 is 0 Å². The second-order valence-corrected chi connectivity index (χ2v) is 7.58. The van der Waals surface area contributed by atoms with Crippen molar-refractivity contribution in [2.45, 2.75) is 18.9 Å². The summed E-state index contributed by atoms with van der Waals surface area (Å²) in [5, 5.41) is 16.3. The Morgan fingerprint density at radius 2 is 2.14 bits per heavy atom. The molecule has 0 fully saturated rings. The number of aryl methyl sites for hydroxylation is 1. The SMILES string of the molecule is CN(C)Cc1ccc(CSCCNc2nc(CO)nn2C)s1. The highest BCUT2D eigenvalue weighted by Crippen LogP contribution is 2.22. The summed E-state index contributed by atoms with van der Waals surface area (Å²) in [6.07, 6.45) is 0. The van der Waals surface area contributed by atoms with Gasteiger partial charge in [-0.2, -0.15) is 21.8 Å².